The molecule has 0 aromatic rings. The van der Waals surface area contributed by atoms with Gasteiger partial charge in [-0.1, -0.05) is 65.7 Å². The summed E-state index contributed by atoms with van der Waals surface area (Å²) in [6.07, 6.45) is 11.3. The molecular weight excluding hydrogens is 226 g/mol. The van der Waals surface area contributed by atoms with E-state index >= 15 is 0 Å². The van der Waals surface area contributed by atoms with Crippen LogP contribution in [0.5, 0.6) is 0 Å². The molecule has 1 unspecified atom stereocenters. The van der Waals surface area contributed by atoms with E-state index in [2.05, 4.69) is 44.9 Å². The van der Waals surface area contributed by atoms with Gasteiger partial charge in [0.15, 0.2) is 0 Å². The fraction of sp³-hybridized carbons (Fsp3) is 1.00. The van der Waals surface area contributed by atoms with E-state index in [4.69, 9.17) is 0 Å². The quantitative estimate of drug-likeness (QED) is 0.502. The standard InChI is InChI=1S/C15H33NS/c1-5-6-7-8-9-10-11-12-15(16-4)13-17-14(2)3/h14-16H,5-13H2,1-4H3. The first-order valence-corrected chi connectivity index (χ1v) is 8.54. The molecule has 1 atom stereocenters. The lowest BCUT2D eigenvalue weighted by Gasteiger charge is -2.16. The molecule has 0 saturated carbocycles. The second kappa shape index (κ2) is 12.8. The summed E-state index contributed by atoms with van der Waals surface area (Å²) in [5.74, 6) is 1.27. The number of nitrogens with one attached hydrogen (secondary N) is 1. The number of thioether (sulfide) groups is 1. The Hall–Kier alpha value is 0.310. The summed E-state index contributed by atoms with van der Waals surface area (Å²) in [6.45, 7) is 6.85. The van der Waals surface area contributed by atoms with Crippen molar-refractivity contribution in [3.63, 3.8) is 0 Å². The zero-order valence-corrected chi connectivity index (χ0v) is 13.2. The molecule has 0 bridgehead atoms. The first-order chi connectivity index (χ1) is 8.20. The summed E-state index contributed by atoms with van der Waals surface area (Å²) in [5.41, 5.74) is 0. The van der Waals surface area contributed by atoms with Gasteiger partial charge in [-0.3, -0.25) is 0 Å². The van der Waals surface area contributed by atoms with Gasteiger partial charge in [0.05, 0.1) is 0 Å². The van der Waals surface area contributed by atoms with E-state index in [1.807, 2.05) is 0 Å². The van der Waals surface area contributed by atoms with Crippen LogP contribution in [-0.4, -0.2) is 24.1 Å². The van der Waals surface area contributed by atoms with Crippen molar-refractivity contribution in [1.82, 2.24) is 5.32 Å². The first kappa shape index (κ1) is 17.3. The van der Waals surface area contributed by atoms with E-state index in [1.165, 1.54) is 57.1 Å². The molecule has 0 fully saturated rings. The van der Waals surface area contributed by atoms with Gasteiger partial charge in [0.25, 0.3) is 0 Å². The van der Waals surface area contributed by atoms with Crippen LogP contribution >= 0.6 is 11.8 Å². The van der Waals surface area contributed by atoms with E-state index < -0.39 is 0 Å². The molecule has 1 nitrogen and oxygen atoms in total. The summed E-state index contributed by atoms with van der Waals surface area (Å²) >= 11 is 2.08. The zero-order chi connectivity index (χ0) is 12.9. The molecule has 0 spiro atoms. The maximum atomic E-state index is 3.45. The third kappa shape index (κ3) is 12.6. The van der Waals surface area contributed by atoms with Crippen LogP contribution in [0.3, 0.4) is 0 Å². The van der Waals surface area contributed by atoms with Crippen LogP contribution in [0.4, 0.5) is 0 Å². The van der Waals surface area contributed by atoms with Gasteiger partial charge in [-0.05, 0) is 18.7 Å². The summed E-state index contributed by atoms with van der Waals surface area (Å²) in [5, 5.41) is 4.21. The van der Waals surface area contributed by atoms with Crippen molar-refractivity contribution < 1.29 is 0 Å². The number of hydrogen-bond acceptors (Lipinski definition) is 2. The molecule has 0 saturated heterocycles. The summed E-state index contributed by atoms with van der Waals surface area (Å²) in [4.78, 5) is 0. The van der Waals surface area contributed by atoms with Crippen LogP contribution in [0, 0.1) is 0 Å². The molecule has 0 heterocycles. The van der Waals surface area contributed by atoms with Gasteiger partial charge >= 0.3 is 0 Å². The summed E-state index contributed by atoms with van der Waals surface area (Å²) in [6, 6.07) is 0.720. The Morgan fingerprint density at radius 2 is 1.53 bits per heavy atom. The van der Waals surface area contributed by atoms with Crippen molar-refractivity contribution >= 4 is 11.8 Å². The maximum Gasteiger partial charge on any atom is 0.0155 e. The SMILES string of the molecule is CCCCCCCCCC(CSC(C)C)NC. The maximum absolute atomic E-state index is 3.45. The molecule has 1 N–H and O–H groups in total. The van der Waals surface area contributed by atoms with Crippen LogP contribution in [0.15, 0.2) is 0 Å². The number of rotatable bonds is 12. The Morgan fingerprint density at radius 1 is 0.941 bits per heavy atom. The Balaban J connectivity index is 3.31. The molecule has 0 radical (unpaired) electrons. The number of hydrogen-bond donors (Lipinski definition) is 1. The largest absolute Gasteiger partial charge is 0.316 e. The van der Waals surface area contributed by atoms with Gasteiger partial charge in [-0.2, -0.15) is 11.8 Å². The van der Waals surface area contributed by atoms with Crippen molar-refractivity contribution in [1.29, 1.82) is 0 Å². The lowest BCUT2D eigenvalue weighted by atomic mass is 10.1. The summed E-state index contributed by atoms with van der Waals surface area (Å²) in [7, 11) is 2.10. The Labute approximate surface area is 114 Å². The molecule has 0 amide bonds. The zero-order valence-electron chi connectivity index (χ0n) is 12.4. The second-order valence-corrected chi connectivity index (χ2v) is 6.89. The van der Waals surface area contributed by atoms with Gasteiger partial charge in [0.1, 0.15) is 0 Å². The topological polar surface area (TPSA) is 12.0 Å². The normalized spacial score (nSPS) is 13.2. The van der Waals surface area contributed by atoms with Crippen LogP contribution in [0.25, 0.3) is 0 Å². The lowest BCUT2D eigenvalue weighted by molar-refractivity contribution is 0.511. The third-order valence-corrected chi connectivity index (χ3v) is 4.46. The van der Waals surface area contributed by atoms with Crippen molar-refractivity contribution in [3.8, 4) is 0 Å². The van der Waals surface area contributed by atoms with Crippen molar-refractivity contribution in [2.45, 2.75) is 83.4 Å². The lowest BCUT2D eigenvalue weighted by Crippen LogP contribution is -2.28. The molecule has 2 heteroatoms. The molecule has 104 valence electrons. The average Bonchev–Trinajstić information content (AvgIpc) is 2.31. The van der Waals surface area contributed by atoms with E-state index in [-0.39, 0.29) is 0 Å². The van der Waals surface area contributed by atoms with E-state index in [9.17, 15) is 0 Å². The molecule has 0 aromatic carbocycles. The predicted octanol–water partition coefficient (Wildman–Crippen LogP) is 4.86. The van der Waals surface area contributed by atoms with E-state index in [1.54, 1.807) is 0 Å². The van der Waals surface area contributed by atoms with Crippen LogP contribution in [0.1, 0.15) is 72.1 Å². The Kier molecular flexibility index (Phi) is 13.0. The Morgan fingerprint density at radius 3 is 2.06 bits per heavy atom. The minimum absolute atomic E-state index is 0.720. The molecule has 17 heavy (non-hydrogen) atoms. The Bertz CT molecular complexity index is 148. The van der Waals surface area contributed by atoms with Crippen LogP contribution < -0.4 is 5.32 Å². The van der Waals surface area contributed by atoms with Crippen LogP contribution in [-0.2, 0) is 0 Å². The van der Waals surface area contributed by atoms with Crippen molar-refractivity contribution in [2.75, 3.05) is 12.8 Å². The summed E-state index contributed by atoms with van der Waals surface area (Å²) < 4.78 is 0. The predicted molar refractivity (Wildman–Crippen MR) is 83.1 cm³/mol. The molecule has 0 aliphatic heterocycles. The van der Waals surface area contributed by atoms with Gasteiger partial charge < -0.3 is 5.32 Å². The minimum Gasteiger partial charge on any atom is -0.316 e. The molecule has 0 aliphatic carbocycles. The molecule has 0 rings (SSSR count). The average molecular weight is 260 g/mol. The molecular formula is C15H33NS. The second-order valence-electron chi connectivity index (χ2n) is 5.28. The first-order valence-electron chi connectivity index (χ1n) is 7.49. The number of unbranched alkanes of at least 4 members (excludes halogenated alkanes) is 6. The van der Waals surface area contributed by atoms with Gasteiger partial charge in [-0.15, -0.1) is 0 Å². The van der Waals surface area contributed by atoms with Crippen molar-refractivity contribution in [3.05, 3.63) is 0 Å². The highest BCUT2D eigenvalue weighted by Crippen LogP contribution is 2.15. The van der Waals surface area contributed by atoms with E-state index in [0.717, 1.165) is 11.3 Å². The highest BCUT2D eigenvalue weighted by atomic mass is 32.2. The fourth-order valence-electron chi connectivity index (χ4n) is 1.97. The molecule has 0 aliphatic rings. The van der Waals surface area contributed by atoms with Gasteiger partial charge in [0.2, 0.25) is 0 Å². The van der Waals surface area contributed by atoms with Gasteiger partial charge in [-0.25, -0.2) is 0 Å². The minimum atomic E-state index is 0.720. The van der Waals surface area contributed by atoms with Crippen molar-refractivity contribution in [2.24, 2.45) is 0 Å². The van der Waals surface area contributed by atoms with E-state index in [0.29, 0.717) is 0 Å². The van der Waals surface area contributed by atoms with Crippen LogP contribution in [0.2, 0.25) is 0 Å². The highest BCUT2D eigenvalue weighted by Gasteiger charge is 2.06. The highest BCUT2D eigenvalue weighted by molar-refractivity contribution is 7.99. The fourth-order valence-corrected chi connectivity index (χ4v) is 2.92. The molecule has 0 aromatic heterocycles. The smallest absolute Gasteiger partial charge is 0.0155 e. The van der Waals surface area contributed by atoms with Gasteiger partial charge in [0, 0.05) is 11.8 Å². The monoisotopic (exact) mass is 259 g/mol. The third-order valence-electron chi connectivity index (χ3n) is 3.20.